The van der Waals surface area contributed by atoms with E-state index in [0.717, 1.165) is 17.7 Å². The summed E-state index contributed by atoms with van der Waals surface area (Å²) in [6, 6.07) is 0. The number of hydrogen-bond acceptors (Lipinski definition) is 4. The largest absolute Gasteiger partial charge is 0.481 e. The SMILES string of the molecule is COc1ncnc(CCN)c1C. The van der Waals surface area contributed by atoms with Crippen LogP contribution in [0, 0.1) is 6.92 Å². The maximum Gasteiger partial charge on any atom is 0.219 e. The first-order valence-electron chi connectivity index (χ1n) is 3.84. The molecule has 0 radical (unpaired) electrons. The van der Waals surface area contributed by atoms with E-state index in [2.05, 4.69) is 9.97 Å². The minimum absolute atomic E-state index is 0.598. The standard InChI is InChI=1S/C8H13N3O/c1-6-7(3-4-9)10-5-11-8(6)12-2/h5H,3-4,9H2,1-2H3. The van der Waals surface area contributed by atoms with Crippen molar-refractivity contribution >= 4 is 0 Å². The van der Waals surface area contributed by atoms with Gasteiger partial charge in [0.15, 0.2) is 0 Å². The van der Waals surface area contributed by atoms with Crippen molar-refractivity contribution in [2.24, 2.45) is 5.73 Å². The Bertz CT molecular complexity index is 262. The normalized spacial score (nSPS) is 9.92. The van der Waals surface area contributed by atoms with Crippen molar-refractivity contribution < 1.29 is 4.74 Å². The van der Waals surface area contributed by atoms with Crippen LogP contribution in [0.4, 0.5) is 0 Å². The summed E-state index contributed by atoms with van der Waals surface area (Å²) in [5.41, 5.74) is 7.36. The van der Waals surface area contributed by atoms with Crippen molar-refractivity contribution in [3.8, 4) is 5.88 Å². The molecule has 0 saturated carbocycles. The number of methoxy groups -OCH3 is 1. The lowest BCUT2D eigenvalue weighted by atomic mass is 10.2. The molecule has 66 valence electrons. The highest BCUT2D eigenvalue weighted by atomic mass is 16.5. The third kappa shape index (κ3) is 1.71. The van der Waals surface area contributed by atoms with Crippen LogP contribution in [0.15, 0.2) is 6.33 Å². The van der Waals surface area contributed by atoms with Crippen LogP contribution in [-0.2, 0) is 6.42 Å². The molecule has 1 aromatic rings. The topological polar surface area (TPSA) is 61.0 Å². The fourth-order valence-corrected chi connectivity index (χ4v) is 1.06. The summed E-state index contributed by atoms with van der Waals surface area (Å²) in [4.78, 5) is 8.07. The van der Waals surface area contributed by atoms with Gasteiger partial charge >= 0.3 is 0 Å². The molecule has 0 spiro atoms. The smallest absolute Gasteiger partial charge is 0.219 e. The van der Waals surface area contributed by atoms with Crippen molar-refractivity contribution in [2.45, 2.75) is 13.3 Å². The quantitative estimate of drug-likeness (QED) is 0.703. The van der Waals surface area contributed by atoms with Crippen LogP contribution in [0.25, 0.3) is 0 Å². The fourth-order valence-electron chi connectivity index (χ4n) is 1.06. The molecule has 0 aliphatic carbocycles. The Labute approximate surface area is 71.8 Å². The number of nitrogens with two attached hydrogens (primary N) is 1. The van der Waals surface area contributed by atoms with Crippen LogP contribution in [0.2, 0.25) is 0 Å². The first kappa shape index (κ1) is 8.93. The van der Waals surface area contributed by atoms with Gasteiger partial charge in [-0.25, -0.2) is 9.97 Å². The fraction of sp³-hybridized carbons (Fsp3) is 0.500. The third-order valence-electron chi connectivity index (χ3n) is 1.72. The Hall–Kier alpha value is -1.16. The van der Waals surface area contributed by atoms with Crippen LogP contribution in [0.3, 0.4) is 0 Å². The number of ether oxygens (including phenoxy) is 1. The van der Waals surface area contributed by atoms with Gasteiger partial charge in [0.05, 0.1) is 12.8 Å². The third-order valence-corrected chi connectivity index (χ3v) is 1.72. The lowest BCUT2D eigenvalue weighted by Gasteiger charge is -2.06. The molecule has 1 aromatic heterocycles. The second-order valence-corrected chi connectivity index (χ2v) is 2.49. The molecule has 1 rings (SSSR count). The zero-order chi connectivity index (χ0) is 8.97. The number of rotatable bonds is 3. The van der Waals surface area contributed by atoms with Crippen LogP contribution >= 0.6 is 0 Å². The predicted octanol–water partition coefficient (Wildman–Crippen LogP) is 0.295. The molecule has 0 atom stereocenters. The van der Waals surface area contributed by atoms with E-state index in [9.17, 15) is 0 Å². The van der Waals surface area contributed by atoms with Gasteiger partial charge in [0.2, 0.25) is 5.88 Å². The lowest BCUT2D eigenvalue weighted by molar-refractivity contribution is 0.392. The van der Waals surface area contributed by atoms with E-state index < -0.39 is 0 Å². The average Bonchev–Trinajstić information content (AvgIpc) is 2.09. The molecular formula is C8H13N3O. The van der Waals surface area contributed by atoms with Gasteiger partial charge < -0.3 is 10.5 Å². The van der Waals surface area contributed by atoms with Crippen molar-refractivity contribution in [1.29, 1.82) is 0 Å². The predicted molar refractivity (Wildman–Crippen MR) is 46.1 cm³/mol. The number of aromatic nitrogens is 2. The second kappa shape index (κ2) is 4.01. The summed E-state index contributed by atoms with van der Waals surface area (Å²) in [6.07, 6.45) is 2.27. The molecule has 1 heterocycles. The number of hydrogen-bond donors (Lipinski definition) is 1. The van der Waals surface area contributed by atoms with Gasteiger partial charge in [-0.05, 0) is 13.5 Å². The Morgan fingerprint density at radius 3 is 2.83 bits per heavy atom. The van der Waals surface area contributed by atoms with Gasteiger partial charge in [0, 0.05) is 12.0 Å². The van der Waals surface area contributed by atoms with Crippen molar-refractivity contribution in [3.05, 3.63) is 17.6 Å². The summed E-state index contributed by atoms with van der Waals surface area (Å²) in [7, 11) is 1.60. The Morgan fingerprint density at radius 1 is 1.50 bits per heavy atom. The summed E-state index contributed by atoms with van der Waals surface area (Å²) in [5, 5.41) is 0. The molecular weight excluding hydrogens is 154 g/mol. The van der Waals surface area contributed by atoms with Gasteiger partial charge in [-0.3, -0.25) is 0 Å². The summed E-state index contributed by atoms with van der Waals surface area (Å²) in [6.45, 7) is 2.53. The van der Waals surface area contributed by atoms with Crippen molar-refractivity contribution in [2.75, 3.05) is 13.7 Å². The average molecular weight is 167 g/mol. The van der Waals surface area contributed by atoms with Crippen LogP contribution in [0.1, 0.15) is 11.3 Å². The maximum atomic E-state index is 5.42. The van der Waals surface area contributed by atoms with Crippen LogP contribution < -0.4 is 10.5 Å². The van der Waals surface area contributed by atoms with Crippen LogP contribution in [0.5, 0.6) is 5.88 Å². The summed E-state index contributed by atoms with van der Waals surface area (Å²) < 4.78 is 5.04. The zero-order valence-corrected chi connectivity index (χ0v) is 7.37. The molecule has 0 aliphatic heterocycles. The Morgan fingerprint density at radius 2 is 2.25 bits per heavy atom. The molecule has 0 unspecified atom stereocenters. The highest BCUT2D eigenvalue weighted by molar-refractivity contribution is 5.27. The van der Waals surface area contributed by atoms with Crippen molar-refractivity contribution in [3.63, 3.8) is 0 Å². The van der Waals surface area contributed by atoms with Gasteiger partial charge in [-0.15, -0.1) is 0 Å². The minimum Gasteiger partial charge on any atom is -0.481 e. The van der Waals surface area contributed by atoms with E-state index in [-0.39, 0.29) is 0 Å². The Kier molecular flexibility index (Phi) is 2.99. The van der Waals surface area contributed by atoms with Gasteiger partial charge in [-0.1, -0.05) is 0 Å². The maximum absolute atomic E-state index is 5.42. The molecule has 0 aromatic carbocycles. The first-order chi connectivity index (χ1) is 5.79. The molecule has 4 heteroatoms. The van der Waals surface area contributed by atoms with E-state index in [1.165, 1.54) is 6.33 Å². The van der Waals surface area contributed by atoms with Gasteiger partial charge in [-0.2, -0.15) is 0 Å². The van der Waals surface area contributed by atoms with E-state index in [4.69, 9.17) is 10.5 Å². The number of nitrogens with zero attached hydrogens (tertiary/aromatic N) is 2. The van der Waals surface area contributed by atoms with E-state index >= 15 is 0 Å². The molecule has 0 fully saturated rings. The molecule has 0 saturated heterocycles. The Balaban J connectivity index is 2.97. The van der Waals surface area contributed by atoms with E-state index in [1.54, 1.807) is 7.11 Å². The van der Waals surface area contributed by atoms with E-state index in [1.807, 2.05) is 6.92 Å². The highest BCUT2D eigenvalue weighted by Gasteiger charge is 2.05. The first-order valence-corrected chi connectivity index (χ1v) is 3.84. The molecule has 4 nitrogen and oxygen atoms in total. The second-order valence-electron chi connectivity index (χ2n) is 2.49. The zero-order valence-electron chi connectivity index (χ0n) is 7.37. The molecule has 0 amide bonds. The minimum atomic E-state index is 0.598. The monoisotopic (exact) mass is 167 g/mol. The highest BCUT2D eigenvalue weighted by Crippen LogP contribution is 2.15. The van der Waals surface area contributed by atoms with Crippen molar-refractivity contribution in [1.82, 2.24) is 9.97 Å². The van der Waals surface area contributed by atoms with E-state index in [0.29, 0.717) is 12.4 Å². The van der Waals surface area contributed by atoms with Gasteiger partial charge in [0.25, 0.3) is 0 Å². The molecule has 2 N–H and O–H groups in total. The summed E-state index contributed by atoms with van der Waals surface area (Å²) >= 11 is 0. The lowest BCUT2D eigenvalue weighted by Crippen LogP contribution is -2.07. The molecule has 0 aliphatic rings. The molecule has 0 bridgehead atoms. The summed E-state index contributed by atoms with van der Waals surface area (Å²) in [5.74, 6) is 0.633. The molecule has 12 heavy (non-hydrogen) atoms. The van der Waals surface area contributed by atoms with Gasteiger partial charge in [0.1, 0.15) is 6.33 Å². The van der Waals surface area contributed by atoms with Crippen LogP contribution in [-0.4, -0.2) is 23.6 Å².